The van der Waals surface area contributed by atoms with Gasteiger partial charge in [-0.05, 0) is 37.8 Å². The molecule has 0 spiro atoms. The Morgan fingerprint density at radius 1 is 1.00 bits per heavy atom. The van der Waals surface area contributed by atoms with Crippen LogP contribution in [0, 0.1) is 11.8 Å². The monoisotopic (exact) mass is 302 g/mol. The number of rotatable bonds is 11. The predicted octanol–water partition coefficient (Wildman–Crippen LogP) is 2.63. The van der Waals surface area contributed by atoms with Gasteiger partial charge in [-0.15, -0.1) is 0 Å². The maximum atomic E-state index is 5.65. The summed E-state index contributed by atoms with van der Waals surface area (Å²) in [5.41, 5.74) is 0. The van der Waals surface area contributed by atoms with E-state index in [1.165, 1.54) is 25.9 Å². The number of ether oxygens (including phenoxy) is 2. The number of nitrogens with one attached hydrogen (secondary N) is 1. The first-order valence-electron chi connectivity index (χ1n) is 8.70. The summed E-state index contributed by atoms with van der Waals surface area (Å²) in [6.45, 7) is 16.5. The van der Waals surface area contributed by atoms with Crippen LogP contribution in [0.25, 0.3) is 0 Å². The van der Waals surface area contributed by atoms with Crippen LogP contribution < -0.4 is 5.32 Å². The fourth-order valence-corrected chi connectivity index (χ4v) is 2.78. The van der Waals surface area contributed by atoms with Crippen molar-refractivity contribution in [2.24, 2.45) is 11.8 Å². The van der Waals surface area contributed by atoms with E-state index >= 15 is 0 Å². The molecule has 4 nitrogen and oxygen atoms in total. The molecule has 1 saturated heterocycles. The predicted molar refractivity (Wildman–Crippen MR) is 90.9 cm³/mol. The molecule has 0 aromatic carbocycles. The molecule has 0 radical (unpaired) electrons. The van der Waals surface area contributed by atoms with Gasteiger partial charge in [0.1, 0.15) is 0 Å². The van der Waals surface area contributed by atoms with Crippen LogP contribution in [0.5, 0.6) is 0 Å². The molecule has 0 amide bonds. The Balaban J connectivity index is 0.00000441. The summed E-state index contributed by atoms with van der Waals surface area (Å²) < 4.78 is 11.2. The fourth-order valence-electron chi connectivity index (χ4n) is 2.78. The largest absolute Gasteiger partial charge is 0.378 e. The maximum Gasteiger partial charge on any atom is 0.0701 e. The van der Waals surface area contributed by atoms with E-state index in [0.29, 0.717) is 19.3 Å². The fraction of sp³-hybridized carbons (Fsp3) is 1.00. The Morgan fingerprint density at radius 2 is 1.62 bits per heavy atom. The zero-order chi connectivity index (χ0) is 15.5. The molecule has 1 N–H and O–H groups in total. The quantitative estimate of drug-likeness (QED) is 0.595. The number of nitrogens with zero attached hydrogens (tertiary/aromatic N) is 1. The average Bonchev–Trinajstić information content (AvgIpc) is 2.45. The molecule has 21 heavy (non-hydrogen) atoms. The minimum absolute atomic E-state index is 0. The van der Waals surface area contributed by atoms with Gasteiger partial charge in [-0.2, -0.15) is 0 Å². The minimum atomic E-state index is 0. The zero-order valence-electron chi connectivity index (χ0n) is 14.6. The number of likely N-dealkylation sites (tertiary alicyclic amines) is 1. The van der Waals surface area contributed by atoms with Crippen molar-refractivity contribution < 1.29 is 10.9 Å². The van der Waals surface area contributed by atoms with Crippen LogP contribution in [-0.2, 0) is 9.47 Å². The van der Waals surface area contributed by atoms with E-state index in [2.05, 4.69) is 37.9 Å². The minimum Gasteiger partial charge on any atom is -0.378 e. The van der Waals surface area contributed by atoms with Crippen molar-refractivity contribution in [1.82, 2.24) is 10.2 Å². The van der Waals surface area contributed by atoms with E-state index < -0.39 is 0 Å². The molecule has 128 valence electrons. The molecule has 0 aromatic rings. The molecule has 0 aliphatic carbocycles. The second-order valence-electron chi connectivity index (χ2n) is 6.76. The van der Waals surface area contributed by atoms with Crippen LogP contribution in [0.15, 0.2) is 0 Å². The molecule has 0 bridgehead atoms. The SMILES string of the molecule is CC(C)NCCOCCOCCN1CCC(C(C)C)CC1.[HH]. The summed E-state index contributed by atoms with van der Waals surface area (Å²) in [4.78, 5) is 2.53. The second-order valence-corrected chi connectivity index (χ2v) is 6.76. The summed E-state index contributed by atoms with van der Waals surface area (Å²) in [5, 5.41) is 3.33. The van der Waals surface area contributed by atoms with Crippen LogP contribution in [-0.4, -0.2) is 63.5 Å². The number of piperidine rings is 1. The topological polar surface area (TPSA) is 33.7 Å². The summed E-state index contributed by atoms with van der Waals surface area (Å²) in [5.74, 6) is 1.76. The third-order valence-electron chi connectivity index (χ3n) is 4.30. The highest BCUT2D eigenvalue weighted by molar-refractivity contribution is 4.74. The highest BCUT2D eigenvalue weighted by Crippen LogP contribution is 2.23. The van der Waals surface area contributed by atoms with Gasteiger partial charge in [0, 0.05) is 20.6 Å². The molecule has 1 aliphatic rings. The van der Waals surface area contributed by atoms with Crippen LogP contribution in [0.1, 0.15) is 42.0 Å². The first kappa shape index (κ1) is 18.9. The first-order valence-corrected chi connectivity index (χ1v) is 8.70. The van der Waals surface area contributed by atoms with E-state index in [1.807, 2.05) is 0 Å². The third kappa shape index (κ3) is 9.46. The highest BCUT2D eigenvalue weighted by atomic mass is 16.5. The van der Waals surface area contributed by atoms with Gasteiger partial charge in [0.25, 0.3) is 0 Å². The summed E-state index contributed by atoms with van der Waals surface area (Å²) >= 11 is 0. The summed E-state index contributed by atoms with van der Waals surface area (Å²) in [6, 6.07) is 0.532. The van der Waals surface area contributed by atoms with Crippen LogP contribution in [0.2, 0.25) is 0 Å². The first-order chi connectivity index (χ1) is 10.1. The molecule has 1 heterocycles. The summed E-state index contributed by atoms with van der Waals surface area (Å²) in [6.07, 6.45) is 2.70. The van der Waals surface area contributed by atoms with Gasteiger partial charge in [-0.1, -0.05) is 27.7 Å². The Labute approximate surface area is 133 Å². The molecular weight excluding hydrogens is 264 g/mol. The van der Waals surface area contributed by atoms with Crippen molar-refractivity contribution in [2.45, 2.75) is 46.6 Å². The van der Waals surface area contributed by atoms with Crippen molar-refractivity contribution in [3.63, 3.8) is 0 Å². The average molecular weight is 303 g/mol. The second kappa shape index (κ2) is 11.4. The lowest BCUT2D eigenvalue weighted by molar-refractivity contribution is 0.0339. The van der Waals surface area contributed by atoms with Gasteiger partial charge in [0.05, 0.1) is 26.4 Å². The van der Waals surface area contributed by atoms with Gasteiger partial charge in [-0.3, -0.25) is 0 Å². The van der Waals surface area contributed by atoms with Gasteiger partial charge in [0.2, 0.25) is 0 Å². The molecule has 4 heteroatoms. The summed E-state index contributed by atoms with van der Waals surface area (Å²) in [7, 11) is 0. The Bertz CT molecular complexity index is 245. The third-order valence-corrected chi connectivity index (χ3v) is 4.30. The Hall–Kier alpha value is -0.160. The molecule has 0 saturated carbocycles. The van der Waals surface area contributed by atoms with Crippen molar-refractivity contribution in [3.05, 3.63) is 0 Å². The molecule has 1 fully saturated rings. The molecule has 0 atom stereocenters. The lowest BCUT2D eigenvalue weighted by atomic mass is 9.87. The van der Waals surface area contributed by atoms with Crippen molar-refractivity contribution >= 4 is 0 Å². The lowest BCUT2D eigenvalue weighted by Crippen LogP contribution is -2.37. The van der Waals surface area contributed by atoms with Gasteiger partial charge in [-0.25, -0.2) is 0 Å². The Morgan fingerprint density at radius 3 is 2.19 bits per heavy atom. The van der Waals surface area contributed by atoms with Crippen molar-refractivity contribution in [2.75, 3.05) is 52.6 Å². The number of hydrogen-bond donors (Lipinski definition) is 1. The van der Waals surface area contributed by atoms with Crippen LogP contribution in [0.4, 0.5) is 0 Å². The van der Waals surface area contributed by atoms with E-state index in [4.69, 9.17) is 9.47 Å². The number of hydrogen-bond acceptors (Lipinski definition) is 4. The molecule has 1 aliphatic heterocycles. The van der Waals surface area contributed by atoms with Crippen molar-refractivity contribution in [1.29, 1.82) is 0 Å². The smallest absolute Gasteiger partial charge is 0.0701 e. The van der Waals surface area contributed by atoms with E-state index in [9.17, 15) is 0 Å². The molecule has 0 unspecified atom stereocenters. The van der Waals surface area contributed by atoms with Crippen molar-refractivity contribution in [3.8, 4) is 0 Å². The van der Waals surface area contributed by atoms with Crippen LogP contribution >= 0.6 is 0 Å². The maximum absolute atomic E-state index is 5.65. The Kier molecular flexibility index (Phi) is 10.3. The lowest BCUT2D eigenvalue weighted by Gasteiger charge is -2.33. The van der Waals surface area contributed by atoms with Gasteiger partial charge in [0.15, 0.2) is 0 Å². The molecule has 0 aromatic heterocycles. The molecule has 1 rings (SSSR count). The van der Waals surface area contributed by atoms with E-state index in [1.54, 1.807) is 0 Å². The zero-order valence-corrected chi connectivity index (χ0v) is 14.6. The highest BCUT2D eigenvalue weighted by Gasteiger charge is 2.20. The van der Waals surface area contributed by atoms with E-state index in [-0.39, 0.29) is 1.43 Å². The standard InChI is InChI=1S/C17H36N2O2.H2/c1-15(2)17-5-8-19(9-6-17)10-12-21-14-13-20-11-7-18-16(3)4;/h15-18H,5-14H2,1-4H3;1H. The van der Waals surface area contributed by atoms with Crippen LogP contribution in [0.3, 0.4) is 0 Å². The molecular formula is C17H38N2O2. The van der Waals surface area contributed by atoms with E-state index in [0.717, 1.165) is 38.1 Å². The normalized spacial score (nSPS) is 18.0. The van der Waals surface area contributed by atoms with Gasteiger partial charge < -0.3 is 19.7 Å². The van der Waals surface area contributed by atoms with Gasteiger partial charge >= 0.3 is 0 Å².